The Morgan fingerprint density at radius 3 is 2.67 bits per heavy atom. The lowest BCUT2D eigenvalue weighted by atomic mass is 9.81. The average Bonchev–Trinajstić information content (AvgIpc) is 3.13. The molecule has 5 heteroatoms. The van der Waals surface area contributed by atoms with E-state index in [9.17, 15) is 14.7 Å². The molecule has 0 spiro atoms. The molecule has 3 atom stereocenters. The van der Waals surface area contributed by atoms with Crippen molar-refractivity contribution >= 4 is 11.9 Å². The Balaban J connectivity index is 1.65. The summed E-state index contributed by atoms with van der Waals surface area (Å²) in [6.07, 6.45) is 3.23. The molecule has 1 aliphatic heterocycles. The quantitative estimate of drug-likeness (QED) is 0.900. The van der Waals surface area contributed by atoms with Crippen molar-refractivity contribution in [1.82, 2.24) is 4.90 Å². The zero-order valence-corrected chi connectivity index (χ0v) is 14.3. The minimum Gasteiger partial charge on any atom is -0.497 e. The summed E-state index contributed by atoms with van der Waals surface area (Å²) < 4.78 is 5.15. The Morgan fingerprint density at radius 2 is 2.08 bits per heavy atom. The average molecular weight is 331 g/mol. The fourth-order valence-corrected chi connectivity index (χ4v) is 4.32. The molecular weight excluding hydrogens is 306 g/mol. The predicted molar refractivity (Wildman–Crippen MR) is 89.9 cm³/mol. The first kappa shape index (κ1) is 16.8. The molecule has 5 nitrogen and oxygen atoms in total. The molecule has 1 heterocycles. The van der Waals surface area contributed by atoms with Crippen LogP contribution in [0.4, 0.5) is 0 Å². The second kappa shape index (κ2) is 6.46. The minimum atomic E-state index is -0.733. The van der Waals surface area contributed by atoms with Gasteiger partial charge in [-0.3, -0.25) is 9.59 Å². The van der Waals surface area contributed by atoms with Crippen LogP contribution in [0.3, 0.4) is 0 Å². The molecule has 1 saturated carbocycles. The fourth-order valence-electron chi connectivity index (χ4n) is 4.32. The molecule has 24 heavy (non-hydrogen) atoms. The van der Waals surface area contributed by atoms with Crippen LogP contribution in [0.15, 0.2) is 24.3 Å². The van der Waals surface area contributed by atoms with Gasteiger partial charge in [-0.05, 0) is 42.9 Å². The molecule has 2 aliphatic rings. The second-order valence-electron chi connectivity index (χ2n) is 7.22. The van der Waals surface area contributed by atoms with Crippen LogP contribution < -0.4 is 4.74 Å². The third-order valence-electron chi connectivity index (χ3n) is 5.73. The van der Waals surface area contributed by atoms with E-state index in [1.165, 1.54) is 0 Å². The van der Waals surface area contributed by atoms with Gasteiger partial charge in [-0.2, -0.15) is 0 Å². The molecule has 2 fully saturated rings. The van der Waals surface area contributed by atoms with E-state index in [0.29, 0.717) is 25.9 Å². The number of ether oxygens (including phenoxy) is 1. The van der Waals surface area contributed by atoms with E-state index in [1.54, 1.807) is 12.0 Å². The zero-order valence-electron chi connectivity index (χ0n) is 14.3. The first-order valence-electron chi connectivity index (χ1n) is 8.61. The lowest BCUT2D eigenvalue weighted by Crippen LogP contribution is -2.39. The van der Waals surface area contributed by atoms with Crippen LogP contribution in [0, 0.1) is 17.3 Å². The van der Waals surface area contributed by atoms with E-state index in [0.717, 1.165) is 24.2 Å². The van der Waals surface area contributed by atoms with Crippen LogP contribution in [-0.2, 0) is 16.0 Å². The van der Waals surface area contributed by atoms with Gasteiger partial charge in [0.05, 0.1) is 12.5 Å². The molecule has 1 aromatic carbocycles. The third-order valence-corrected chi connectivity index (χ3v) is 5.73. The Labute approximate surface area is 142 Å². The molecule has 1 aromatic rings. The van der Waals surface area contributed by atoms with Gasteiger partial charge in [0.1, 0.15) is 5.75 Å². The number of likely N-dealkylation sites (tertiary alicyclic amines) is 1. The second-order valence-corrected chi connectivity index (χ2v) is 7.22. The van der Waals surface area contributed by atoms with Gasteiger partial charge in [-0.25, -0.2) is 0 Å². The molecular formula is C19H25NO4. The van der Waals surface area contributed by atoms with E-state index in [4.69, 9.17) is 4.74 Å². The van der Waals surface area contributed by atoms with Gasteiger partial charge in [0.25, 0.3) is 0 Å². The van der Waals surface area contributed by atoms with Gasteiger partial charge in [0.15, 0.2) is 0 Å². The molecule has 0 bridgehead atoms. The molecule has 1 N–H and O–H groups in total. The molecule has 1 amide bonds. The van der Waals surface area contributed by atoms with Gasteiger partial charge in [0, 0.05) is 19.0 Å². The highest BCUT2D eigenvalue weighted by atomic mass is 16.5. The van der Waals surface area contributed by atoms with Crippen molar-refractivity contribution in [3.63, 3.8) is 0 Å². The smallest absolute Gasteiger partial charge is 0.311 e. The molecule has 3 rings (SSSR count). The van der Waals surface area contributed by atoms with E-state index < -0.39 is 11.4 Å². The number of hydrogen-bond acceptors (Lipinski definition) is 3. The number of hydrogen-bond donors (Lipinski definition) is 1. The normalized spacial score (nSPS) is 26.9. The van der Waals surface area contributed by atoms with Crippen LogP contribution in [0.1, 0.15) is 31.7 Å². The number of amides is 1. The van der Waals surface area contributed by atoms with Crippen LogP contribution in [-0.4, -0.2) is 42.1 Å². The summed E-state index contributed by atoms with van der Waals surface area (Å²) in [5.74, 6) is 0.104. The first-order chi connectivity index (χ1) is 11.5. The van der Waals surface area contributed by atoms with Crippen molar-refractivity contribution in [2.75, 3.05) is 20.2 Å². The zero-order chi connectivity index (χ0) is 17.3. The highest BCUT2D eigenvalue weighted by Crippen LogP contribution is 2.49. The molecule has 0 radical (unpaired) electrons. The largest absolute Gasteiger partial charge is 0.497 e. The molecule has 130 valence electrons. The number of aliphatic carboxylic acids is 1. The lowest BCUT2D eigenvalue weighted by Gasteiger charge is -2.25. The molecule has 1 aliphatic carbocycles. The fraction of sp³-hybridized carbons (Fsp3) is 0.579. The van der Waals surface area contributed by atoms with Gasteiger partial charge in [0.2, 0.25) is 5.91 Å². The van der Waals surface area contributed by atoms with Gasteiger partial charge >= 0.3 is 5.97 Å². The number of carboxylic acids is 1. The summed E-state index contributed by atoms with van der Waals surface area (Å²) in [6.45, 7) is 2.89. The maximum Gasteiger partial charge on any atom is 0.311 e. The number of rotatable bonds is 5. The van der Waals surface area contributed by atoms with E-state index in [2.05, 4.69) is 0 Å². The summed E-state index contributed by atoms with van der Waals surface area (Å²) in [6, 6.07) is 7.73. The van der Waals surface area contributed by atoms with Crippen molar-refractivity contribution in [2.24, 2.45) is 17.3 Å². The minimum absolute atomic E-state index is 0.0702. The van der Waals surface area contributed by atoms with Crippen LogP contribution in [0.5, 0.6) is 5.75 Å². The number of nitrogens with zero attached hydrogens (tertiary/aromatic N) is 1. The van der Waals surface area contributed by atoms with Gasteiger partial charge in [-0.1, -0.05) is 25.5 Å². The standard InChI is InChI=1S/C19H25NO4/c1-13(10-14-5-7-16(24-2)8-6-14)17(21)20-11-15-4-3-9-19(15,12-20)18(22)23/h5-8,13,15H,3-4,9-12H2,1-2H3,(H,22,23)/t13?,15-,19+/m0/s1. The number of benzene rings is 1. The third kappa shape index (κ3) is 2.87. The van der Waals surface area contributed by atoms with Gasteiger partial charge < -0.3 is 14.7 Å². The molecule has 1 saturated heterocycles. The maximum absolute atomic E-state index is 12.8. The predicted octanol–water partition coefficient (Wildman–Crippen LogP) is 2.59. The summed E-state index contributed by atoms with van der Waals surface area (Å²) in [4.78, 5) is 26.3. The van der Waals surface area contributed by atoms with Crippen LogP contribution >= 0.6 is 0 Å². The monoisotopic (exact) mass is 331 g/mol. The molecule has 0 aromatic heterocycles. The van der Waals surface area contributed by atoms with Crippen molar-refractivity contribution in [3.8, 4) is 5.75 Å². The SMILES string of the molecule is COc1ccc(CC(C)C(=O)N2C[C@@H]3CCC[C@@]3(C(=O)O)C2)cc1. The van der Waals surface area contributed by atoms with Gasteiger partial charge in [-0.15, -0.1) is 0 Å². The number of carboxylic acid groups (broad SMARTS) is 1. The summed E-state index contributed by atoms with van der Waals surface area (Å²) in [5.41, 5.74) is 0.388. The summed E-state index contributed by atoms with van der Waals surface area (Å²) in [5, 5.41) is 9.65. The van der Waals surface area contributed by atoms with E-state index in [1.807, 2.05) is 31.2 Å². The molecule has 1 unspecified atom stereocenters. The highest BCUT2D eigenvalue weighted by molar-refractivity contribution is 5.82. The lowest BCUT2D eigenvalue weighted by molar-refractivity contribution is -0.149. The summed E-state index contributed by atoms with van der Waals surface area (Å²) >= 11 is 0. The van der Waals surface area contributed by atoms with Crippen molar-refractivity contribution in [1.29, 1.82) is 0 Å². The van der Waals surface area contributed by atoms with Crippen molar-refractivity contribution in [3.05, 3.63) is 29.8 Å². The number of fused-ring (bicyclic) bond motifs is 1. The Hall–Kier alpha value is -2.04. The van der Waals surface area contributed by atoms with E-state index in [-0.39, 0.29) is 17.7 Å². The topological polar surface area (TPSA) is 66.8 Å². The Bertz CT molecular complexity index is 627. The van der Waals surface area contributed by atoms with E-state index >= 15 is 0 Å². The number of carbonyl (C=O) groups is 2. The number of carbonyl (C=O) groups excluding carboxylic acids is 1. The van der Waals surface area contributed by atoms with Crippen molar-refractivity contribution in [2.45, 2.75) is 32.6 Å². The highest BCUT2D eigenvalue weighted by Gasteiger charge is 2.55. The summed E-state index contributed by atoms with van der Waals surface area (Å²) in [7, 11) is 1.63. The van der Waals surface area contributed by atoms with Crippen LogP contribution in [0.2, 0.25) is 0 Å². The Kier molecular flexibility index (Phi) is 4.52. The maximum atomic E-state index is 12.8. The Morgan fingerprint density at radius 1 is 1.38 bits per heavy atom. The first-order valence-corrected chi connectivity index (χ1v) is 8.61. The van der Waals surface area contributed by atoms with Crippen LogP contribution in [0.25, 0.3) is 0 Å². The van der Waals surface area contributed by atoms with Crippen molar-refractivity contribution < 1.29 is 19.4 Å². The number of methoxy groups -OCH3 is 1.